The molecule has 0 aromatic heterocycles. The van der Waals surface area contributed by atoms with Gasteiger partial charge in [0.25, 0.3) is 0 Å². The van der Waals surface area contributed by atoms with Crippen molar-refractivity contribution in [3.63, 3.8) is 0 Å². The van der Waals surface area contributed by atoms with E-state index in [0.29, 0.717) is 32.1 Å². The van der Waals surface area contributed by atoms with E-state index in [1.807, 2.05) is 13.8 Å². The van der Waals surface area contributed by atoms with Crippen LogP contribution in [0.15, 0.2) is 23.8 Å². The molecule has 8 N–H and O–H groups in total. The van der Waals surface area contributed by atoms with Crippen molar-refractivity contribution < 1.29 is 132 Å². The van der Waals surface area contributed by atoms with Crippen LogP contribution in [0.3, 0.4) is 0 Å². The molecule has 480 valence electrons. The van der Waals surface area contributed by atoms with Crippen LogP contribution in [0.5, 0.6) is 0 Å². The van der Waals surface area contributed by atoms with E-state index in [0.717, 1.165) is 31.9 Å². The molecular formula is C54H82O28S2-2. The van der Waals surface area contributed by atoms with Gasteiger partial charge in [0.2, 0.25) is 20.8 Å². The number of hydrogen-bond donors (Lipinski definition) is 8. The standard InChI is InChI=1S/C54H84O28S2/c1-23(2)11-10-16-53(8)44-27(55)19-52(7)26-12-13-31-50(4,5)32(15-17-51(31,6)25(26)14-18-54(44,52)49(64)82-53)78-48-43(33(57)28(56)20-72-48)81-45-37(61)36(60)40(24(3)75-45)79-47-39(63)42(35(59)30(77-47)22-74-84(68,69)70)80-46-38(62)41(71-9)34(58)29(76-46)21-73-83(65,66)67/h14,24,26,28-48,56-63H,1,10-13,15-22H2,2-9H3,(H,65,66,67)(H,68,69,70)/p-2/t24-,26-,28-,29-,30-,31+,32+,33+,34-,35-,36-,37-,38-,39-,40-,41+,42+,43-,44-,45+,46+,47+,48+,51-,52+,53+,54-/m1/s1. The average molecular weight is 1240 g/mol. The van der Waals surface area contributed by atoms with Crippen LogP contribution < -0.4 is 0 Å². The fraction of sp³-hybridized carbons (Fsp3) is 0.889. The average Bonchev–Trinajstić information content (AvgIpc) is 1.45. The van der Waals surface area contributed by atoms with E-state index in [1.165, 1.54) is 12.5 Å². The van der Waals surface area contributed by atoms with E-state index in [2.05, 4.69) is 48.7 Å². The molecule has 9 rings (SSSR count). The number of cyclic esters (lactones) is 1. The number of carbonyl (C=O) groups is 2. The molecule has 5 saturated heterocycles. The van der Waals surface area contributed by atoms with Crippen LogP contribution in [0.2, 0.25) is 0 Å². The van der Waals surface area contributed by atoms with Gasteiger partial charge in [-0.05, 0) is 100 Å². The predicted molar refractivity (Wildman–Crippen MR) is 278 cm³/mol. The summed E-state index contributed by atoms with van der Waals surface area (Å²) in [6, 6.07) is 0. The topological polar surface area (TPSA) is 421 Å². The first-order valence-corrected chi connectivity index (χ1v) is 31.2. The molecule has 0 unspecified atom stereocenters. The molecule has 30 heteroatoms. The molecule has 5 heterocycles. The molecule has 0 radical (unpaired) electrons. The summed E-state index contributed by atoms with van der Waals surface area (Å²) in [6.45, 7) is 15.1. The molecule has 84 heavy (non-hydrogen) atoms. The molecule has 0 amide bonds. The van der Waals surface area contributed by atoms with Crippen molar-refractivity contribution in [2.45, 2.75) is 235 Å². The first-order chi connectivity index (χ1) is 39.0. The van der Waals surface area contributed by atoms with E-state index in [4.69, 9.17) is 47.4 Å². The van der Waals surface area contributed by atoms with Crippen LogP contribution in [0.4, 0.5) is 0 Å². The highest BCUT2D eigenvalue weighted by molar-refractivity contribution is 7.81. The number of carbonyl (C=O) groups excluding carboxylic acids is 2. The van der Waals surface area contributed by atoms with Crippen LogP contribution in [-0.2, 0) is 86.1 Å². The number of methoxy groups -OCH3 is 1. The van der Waals surface area contributed by atoms with Crippen molar-refractivity contribution in [3.05, 3.63) is 23.8 Å². The molecule has 0 aromatic carbocycles. The highest BCUT2D eigenvalue weighted by atomic mass is 32.3. The highest BCUT2D eigenvalue weighted by Crippen LogP contribution is 2.75. The Morgan fingerprint density at radius 3 is 1.88 bits per heavy atom. The summed E-state index contributed by atoms with van der Waals surface area (Å²) in [4.78, 5) is 28.7. The van der Waals surface area contributed by atoms with Gasteiger partial charge in [0, 0.05) is 13.5 Å². The minimum absolute atomic E-state index is 0.0177. The summed E-state index contributed by atoms with van der Waals surface area (Å²) in [5.41, 5.74) is -1.25. The smallest absolute Gasteiger partial charge is 0.314 e. The molecule has 9 aliphatic rings. The Labute approximate surface area is 487 Å². The molecule has 1 spiro atoms. The number of rotatable bonds is 19. The lowest BCUT2D eigenvalue weighted by atomic mass is 9.41. The minimum Gasteiger partial charge on any atom is -0.726 e. The van der Waals surface area contributed by atoms with Crippen LogP contribution in [0.1, 0.15) is 106 Å². The highest BCUT2D eigenvalue weighted by Gasteiger charge is 2.79. The predicted octanol–water partition coefficient (Wildman–Crippen LogP) is -1.24. The first kappa shape index (κ1) is 66.1. The van der Waals surface area contributed by atoms with Crippen molar-refractivity contribution in [3.8, 4) is 0 Å². The van der Waals surface area contributed by atoms with Crippen LogP contribution >= 0.6 is 0 Å². The van der Waals surface area contributed by atoms with Gasteiger partial charge in [0.15, 0.2) is 25.2 Å². The van der Waals surface area contributed by atoms with Crippen LogP contribution in [-0.4, -0.2) is 234 Å². The second kappa shape index (κ2) is 24.1. The lowest BCUT2D eigenvalue weighted by Gasteiger charge is -2.63. The van der Waals surface area contributed by atoms with E-state index >= 15 is 0 Å². The van der Waals surface area contributed by atoms with Crippen molar-refractivity contribution >= 4 is 32.6 Å². The molecule has 0 aromatic rings. The van der Waals surface area contributed by atoms with Crippen molar-refractivity contribution in [1.82, 2.24) is 0 Å². The molecule has 3 saturated carbocycles. The van der Waals surface area contributed by atoms with Gasteiger partial charge in [0.05, 0.1) is 43.4 Å². The number of aliphatic hydroxyl groups excluding tert-OH is 8. The number of ketones is 1. The normalized spacial score (nSPS) is 48.5. The third-order valence-electron chi connectivity index (χ3n) is 20.3. The maximum atomic E-state index is 14.4. The fourth-order valence-electron chi connectivity index (χ4n) is 16.1. The number of Topliss-reactive ketones (excluding diaryl/α,β-unsaturated/α-hetero) is 1. The Kier molecular flexibility index (Phi) is 19.0. The van der Waals surface area contributed by atoms with Gasteiger partial charge < -0.3 is 97.3 Å². The maximum absolute atomic E-state index is 14.4. The molecule has 8 fully saturated rings. The monoisotopic (exact) mass is 1240 g/mol. The summed E-state index contributed by atoms with van der Waals surface area (Å²) in [7, 11) is -9.78. The lowest BCUT2D eigenvalue weighted by molar-refractivity contribution is -0.389. The number of esters is 1. The van der Waals surface area contributed by atoms with Gasteiger partial charge in [-0.3, -0.25) is 18.0 Å². The van der Waals surface area contributed by atoms with Gasteiger partial charge in [0.1, 0.15) is 96.8 Å². The molecule has 5 aliphatic heterocycles. The SMILES string of the molecule is C=C(C)CCC[C@]1(C)OC(=O)[C@]23CC=C4[C@@H](CC[C@H]5C(C)(C)[C@@H](O[C@@H]6OC[C@@H](O)[C@H](O)[C@H]6O[C@@H]6O[C@H](C)[C@@H](O[C@@H]7O[C@H](COS(=O)(=O)[O-])[C@@H](O)[C@H](O[C@@H]8O[C@H](COS(=O)(=O)[O-])[C@@H](O)[C@H](OC)[C@H]8O)[C@H]7O)[C@H](O)[C@H]6O)CC[C@]45C)[C@]2(C)CC(=O)[C@@H]31. The second-order valence-electron chi connectivity index (χ2n) is 25.8. The van der Waals surface area contributed by atoms with Gasteiger partial charge in [-0.25, -0.2) is 16.8 Å². The molecule has 28 nitrogen and oxygen atoms in total. The summed E-state index contributed by atoms with van der Waals surface area (Å²) >= 11 is 0. The Morgan fingerprint density at radius 2 is 1.29 bits per heavy atom. The van der Waals surface area contributed by atoms with Crippen molar-refractivity contribution in [2.75, 3.05) is 26.9 Å². The number of hydrogen-bond acceptors (Lipinski definition) is 28. The Morgan fingerprint density at radius 1 is 0.714 bits per heavy atom. The second-order valence-corrected chi connectivity index (χ2v) is 27.9. The largest absolute Gasteiger partial charge is 0.726 e. The zero-order chi connectivity index (χ0) is 61.8. The third kappa shape index (κ3) is 11.9. The van der Waals surface area contributed by atoms with E-state index < -0.39 is 185 Å². The Bertz CT molecular complexity index is 2690. The fourth-order valence-corrected chi connectivity index (χ4v) is 16.7. The number of fused-ring (bicyclic) bond motifs is 4. The number of ether oxygens (including phenoxy) is 10. The van der Waals surface area contributed by atoms with E-state index in [9.17, 15) is 76.4 Å². The summed E-state index contributed by atoms with van der Waals surface area (Å²) in [5, 5.41) is 90.4. The van der Waals surface area contributed by atoms with Gasteiger partial charge in [-0.1, -0.05) is 44.9 Å². The lowest BCUT2D eigenvalue weighted by Crippen LogP contribution is -2.67. The van der Waals surface area contributed by atoms with E-state index in [1.54, 1.807) is 0 Å². The number of aliphatic hydroxyl groups is 8. The van der Waals surface area contributed by atoms with Crippen molar-refractivity contribution in [2.24, 2.45) is 39.4 Å². The molecular weight excluding hydrogens is 1160 g/mol. The molecule has 0 bridgehead atoms. The Balaban J connectivity index is 0.882. The zero-order valence-electron chi connectivity index (χ0n) is 48.1. The summed E-state index contributed by atoms with van der Waals surface area (Å²) < 4.78 is 136. The minimum atomic E-state index is -5.46. The van der Waals surface area contributed by atoms with Gasteiger partial charge in [-0.2, -0.15) is 0 Å². The van der Waals surface area contributed by atoms with Crippen LogP contribution in [0, 0.1) is 39.4 Å². The summed E-state index contributed by atoms with van der Waals surface area (Å²) in [5.74, 6) is -0.814. The van der Waals surface area contributed by atoms with Crippen LogP contribution in [0.25, 0.3) is 0 Å². The van der Waals surface area contributed by atoms with Gasteiger partial charge in [-0.15, -0.1) is 6.58 Å². The van der Waals surface area contributed by atoms with Gasteiger partial charge >= 0.3 is 5.97 Å². The first-order valence-electron chi connectivity index (χ1n) is 28.5. The van der Waals surface area contributed by atoms with E-state index in [-0.39, 0.29) is 42.0 Å². The zero-order valence-corrected chi connectivity index (χ0v) is 49.7. The summed E-state index contributed by atoms with van der Waals surface area (Å²) in [6.07, 6.45) is -27.8. The third-order valence-corrected chi connectivity index (χ3v) is 21.1. The van der Waals surface area contributed by atoms with Crippen molar-refractivity contribution in [1.29, 1.82) is 0 Å². The number of allylic oxidation sites excluding steroid dienone is 3. The maximum Gasteiger partial charge on any atom is 0.314 e. The molecule has 27 atom stereocenters. The quantitative estimate of drug-likeness (QED) is 0.0246. The molecule has 4 aliphatic carbocycles. The Hall–Kier alpha value is -2.32.